The zero-order valence-corrected chi connectivity index (χ0v) is 16.3. The van der Waals surface area contributed by atoms with E-state index in [4.69, 9.17) is 0 Å². The number of anilines is 1. The number of hydrogen-bond acceptors (Lipinski definition) is 5. The van der Waals surface area contributed by atoms with Gasteiger partial charge in [-0.15, -0.1) is 0 Å². The molecule has 0 aliphatic heterocycles. The minimum absolute atomic E-state index is 0.0585. The molecule has 0 aliphatic carbocycles. The number of nitro benzene ring substituents is 1. The number of benzene rings is 2. The molecule has 3 aromatic rings. The zero-order chi connectivity index (χ0) is 20.6. The molecule has 1 atom stereocenters. The molecule has 0 aliphatic rings. The first-order valence-electron chi connectivity index (χ1n) is 8.14. The van der Waals surface area contributed by atoms with E-state index in [1.54, 1.807) is 13.8 Å². The molecule has 10 heteroatoms. The van der Waals surface area contributed by atoms with Crippen LogP contribution in [0.1, 0.15) is 36.3 Å². The zero-order valence-electron chi connectivity index (χ0n) is 14.7. The number of aromatic nitrogens is 2. The number of rotatable bonds is 5. The van der Waals surface area contributed by atoms with Gasteiger partial charge in [-0.2, -0.15) is 0 Å². The van der Waals surface area contributed by atoms with Gasteiger partial charge in [0.1, 0.15) is 17.5 Å². The Morgan fingerprint density at radius 2 is 1.89 bits per heavy atom. The topological polar surface area (TPSA) is 81.0 Å². The van der Waals surface area contributed by atoms with E-state index in [0.717, 1.165) is 6.07 Å². The summed E-state index contributed by atoms with van der Waals surface area (Å²) in [7, 11) is 0. The van der Waals surface area contributed by atoms with Crippen LogP contribution >= 0.6 is 15.9 Å². The van der Waals surface area contributed by atoms with Gasteiger partial charge in [0.05, 0.1) is 26.5 Å². The largest absolute Gasteiger partial charge is 0.363 e. The van der Waals surface area contributed by atoms with E-state index in [-0.39, 0.29) is 15.7 Å². The van der Waals surface area contributed by atoms with Crippen molar-refractivity contribution in [2.45, 2.75) is 26.3 Å². The Bertz CT molecular complexity index is 1080. The second-order valence-electron chi connectivity index (χ2n) is 6.11. The van der Waals surface area contributed by atoms with Gasteiger partial charge in [-0.1, -0.05) is 18.2 Å². The van der Waals surface area contributed by atoms with Crippen molar-refractivity contribution in [1.29, 1.82) is 0 Å². The number of nitro groups is 1. The van der Waals surface area contributed by atoms with Gasteiger partial charge in [0, 0.05) is 17.0 Å². The van der Waals surface area contributed by atoms with E-state index >= 15 is 0 Å². The fraction of sp³-hybridized carbons (Fsp3) is 0.222. The predicted molar refractivity (Wildman–Crippen MR) is 102 cm³/mol. The highest BCUT2D eigenvalue weighted by Crippen LogP contribution is 2.34. The molecule has 0 unspecified atom stereocenters. The molecule has 146 valence electrons. The third kappa shape index (κ3) is 3.77. The van der Waals surface area contributed by atoms with E-state index in [9.17, 15) is 23.3 Å². The quantitative estimate of drug-likeness (QED) is 0.385. The van der Waals surface area contributed by atoms with Crippen molar-refractivity contribution in [2.75, 3.05) is 5.32 Å². The van der Waals surface area contributed by atoms with Crippen LogP contribution in [-0.2, 0) is 0 Å². The number of alkyl halides is 2. The lowest BCUT2D eigenvalue weighted by Crippen LogP contribution is -2.12. The predicted octanol–water partition coefficient (Wildman–Crippen LogP) is 5.86. The summed E-state index contributed by atoms with van der Waals surface area (Å²) < 4.78 is 40.6. The lowest BCUT2D eigenvalue weighted by molar-refractivity contribution is -0.385. The summed E-state index contributed by atoms with van der Waals surface area (Å²) in [4.78, 5) is 19.1. The summed E-state index contributed by atoms with van der Waals surface area (Å²) in [5.74, 6) is -0.322. The Hall–Kier alpha value is -2.75. The third-order valence-corrected chi connectivity index (χ3v) is 4.82. The van der Waals surface area contributed by atoms with Gasteiger partial charge in [-0.3, -0.25) is 10.1 Å². The summed E-state index contributed by atoms with van der Waals surface area (Å²) in [5, 5.41) is 14.6. The van der Waals surface area contributed by atoms with Gasteiger partial charge >= 0.3 is 0 Å². The maximum absolute atomic E-state index is 14.4. The monoisotopic (exact) mass is 454 g/mol. The molecular formula is C18H14BrF3N4O2. The molecule has 28 heavy (non-hydrogen) atoms. The summed E-state index contributed by atoms with van der Waals surface area (Å²) in [6, 6.07) is 5.93. The van der Waals surface area contributed by atoms with Gasteiger partial charge in [-0.25, -0.2) is 23.1 Å². The molecule has 6 nitrogen and oxygen atoms in total. The highest BCUT2D eigenvalue weighted by atomic mass is 79.9. The van der Waals surface area contributed by atoms with Crippen LogP contribution in [0.25, 0.3) is 10.9 Å². The fourth-order valence-corrected chi connectivity index (χ4v) is 3.35. The Labute approximate surface area is 166 Å². The molecular weight excluding hydrogens is 441 g/mol. The normalized spacial score (nSPS) is 12.4. The van der Waals surface area contributed by atoms with E-state index < -0.39 is 28.8 Å². The van der Waals surface area contributed by atoms with Crippen molar-refractivity contribution >= 4 is 38.3 Å². The van der Waals surface area contributed by atoms with Crippen LogP contribution in [0, 0.1) is 22.9 Å². The number of nitrogens with zero attached hydrogens (tertiary/aromatic N) is 3. The van der Waals surface area contributed by atoms with Gasteiger partial charge in [0.15, 0.2) is 0 Å². The molecule has 1 N–H and O–H groups in total. The second-order valence-corrected chi connectivity index (χ2v) is 6.97. The van der Waals surface area contributed by atoms with Crippen LogP contribution in [0.3, 0.4) is 0 Å². The molecule has 0 saturated carbocycles. The van der Waals surface area contributed by atoms with Crippen LogP contribution in [0.4, 0.5) is 24.7 Å². The minimum atomic E-state index is -2.93. The van der Waals surface area contributed by atoms with E-state index in [2.05, 4.69) is 31.2 Å². The first-order chi connectivity index (χ1) is 13.2. The Morgan fingerprint density at radius 1 is 1.21 bits per heavy atom. The van der Waals surface area contributed by atoms with Crippen LogP contribution in [0.2, 0.25) is 0 Å². The summed E-state index contributed by atoms with van der Waals surface area (Å²) in [6.07, 6.45) is -2.93. The first-order valence-corrected chi connectivity index (χ1v) is 8.93. The number of aryl methyl sites for hydroxylation is 1. The molecule has 1 heterocycles. The standard InChI is InChI=1S/C18H14BrF3N4O2/c1-8(10-4-3-5-11(16(10)20)17(21)22)23-18-12-6-13(19)15(26(27)28)7-14(12)24-9(2)25-18/h3-8,17H,1-2H3,(H,23,24,25)/t8-/m1/s1. The Morgan fingerprint density at radius 3 is 2.54 bits per heavy atom. The van der Waals surface area contributed by atoms with Crippen LogP contribution in [0.15, 0.2) is 34.8 Å². The molecule has 0 bridgehead atoms. The van der Waals surface area contributed by atoms with Crippen molar-refractivity contribution in [3.8, 4) is 0 Å². The molecule has 0 fully saturated rings. The highest BCUT2D eigenvalue weighted by molar-refractivity contribution is 9.10. The van der Waals surface area contributed by atoms with E-state index in [1.807, 2.05) is 0 Å². The number of fused-ring (bicyclic) bond motifs is 1. The average molecular weight is 455 g/mol. The van der Waals surface area contributed by atoms with Gasteiger partial charge in [0.25, 0.3) is 12.1 Å². The second kappa shape index (κ2) is 7.70. The van der Waals surface area contributed by atoms with Crippen molar-refractivity contribution < 1.29 is 18.1 Å². The van der Waals surface area contributed by atoms with Crippen molar-refractivity contribution in [3.63, 3.8) is 0 Å². The van der Waals surface area contributed by atoms with Crippen molar-refractivity contribution in [1.82, 2.24) is 9.97 Å². The first kappa shape index (κ1) is 20.0. The Balaban J connectivity index is 2.06. The number of hydrogen-bond donors (Lipinski definition) is 1. The van der Waals surface area contributed by atoms with Crippen LogP contribution < -0.4 is 5.32 Å². The van der Waals surface area contributed by atoms with Gasteiger partial charge < -0.3 is 5.32 Å². The van der Waals surface area contributed by atoms with Gasteiger partial charge in [-0.05, 0) is 35.8 Å². The summed E-state index contributed by atoms with van der Waals surface area (Å²) in [6.45, 7) is 3.22. The SMILES string of the molecule is Cc1nc(N[C@H](C)c2cccc(C(F)F)c2F)c2cc(Br)c([N+](=O)[O-])cc2n1. The number of nitrogens with one attached hydrogen (secondary N) is 1. The summed E-state index contributed by atoms with van der Waals surface area (Å²) >= 11 is 3.15. The molecule has 2 aromatic carbocycles. The highest BCUT2D eigenvalue weighted by Gasteiger charge is 2.21. The molecule has 0 spiro atoms. The third-order valence-electron chi connectivity index (χ3n) is 4.19. The van der Waals surface area contributed by atoms with Crippen molar-refractivity contribution in [2.24, 2.45) is 0 Å². The Kier molecular flexibility index (Phi) is 5.50. The fourth-order valence-electron chi connectivity index (χ4n) is 2.86. The lowest BCUT2D eigenvalue weighted by Gasteiger charge is -2.18. The van der Waals surface area contributed by atoms with Crippen molar-refractivity contribution in [3.05, 3.63) is 67.7 Å². The number of halogens is 4. The van der Waals surface area contributed by atoms with Crippen LogP contribution in [0.5, 0.6) is 0 Å². The maximum Gasteiger partial charge on any atom is 0.285 e. The van der Waals surface area contributed by atoms with E-state index in [1.165, 1.54) is 24.3 Å². The smallest absolute Gasteiger partial charge is 0.285 e. The molecule has 0 saturated heterocycles. The molecule has 0 amide bonds. The molecule has 1 aromatic heterocycles. The molecule has 0 radical (unpaired) electrons. The van der Waals surface area contributed by atoms with E-state index in [0.29, 0.717) is 22.5 Å². The summed E-state index contributed by atoms with van der Waals surface area (Å²) in [5.41, 5.74) is -0.435. The average Bonchev–Trinajstić information content (AvgIpc) is 2.61. The van der Waals surface area contributed by atoms with Gasteiger partial charge in [0.2, 0.25) is 0 Å². The maximum atomic E-state index is 14.4. The van der Waals surface area contributed by atoms with Crippen LogP contribution in [-0.4, -0.2) is 14.9 Å². The molecule has 3 rings (SSSR count). The lowest BCUT2D eigenvalue weighted by atomic mass is 10.0. The minimum Gasteiger partial charge on any atom is -0.363 e.